The van der Waals surface area contributed by atoms with Crippen LogP contribution in [0.25, 0.3) is 11.6 Å². The SMILES string of the molecule is CC1(C)CC(O)CC(C)(C[NH2+]CCC(=O)/C(=C\c2cccc([N+](=O)[O-])c2)c2ccccc2)C1.[Cl-]. The smallest absolute Gasteiger partial charge is 0.270 e. The van der Waals surface area contributed by atoms with E-state index in [9.17, 15) is 20.0 Å². The van der Waals surface area contributed by atoms with Gasteiger partial charge in [-0.1, -0.05) is 63.2 Å². The maximum Gasteiger partial charge on any atom is 0.270 e. The zero-order chi connectivity index (χ0) is 24.1. The van der Waals surface area contributed by atoms with E-state index >= 15 is 0 Å². The number of carbonyl (C=O) groups excluding carboxylic acids is 1. The number of Topliss-reactive ketones (excluding diaryl/α,β-unsaturated/α-hetero) is 1. The molecule has 6 nitrogen and oxygen atoms in total. The van der Waals surface area contributed by atoms with Gasteiger partial charge >= 0.3 is 0 Å². The number of hydrogen-bond acceptors (Lipinski definition) is 4. The average Bonchev–Trinajstić information content (AvgIpc) is 2.74. The largest absolute Gasteiger partial charge is 1.00 e. The predicted molar refractivity (Wildman–Crippen MR) is 130 cm³/mol. The molecule has 2 aromatic carbocycles. The van der Waals surface area contributed by atoms with Crippen LogP contribution in [0.15, 0.2) is 54.6 Å². The van der Waals surface area contributed by atoms with Crippen molar-refractivity contribution < 1.29 is 32.5 Å². The number of rotatable bonds is 9. The van der Waals surface area contributed by atoms with Crippen LogP contribution in [0.3, 0.4) is 0 Å². The van der Waals surface area contributed by atoms with Gasteiger partial charge in [0.05, 0.1) is 30.5 Å². The Bertz CT molecular complexity index is 1020. The number of aliphatic hydroxyl groups excluding tert-OH is 1. The molecule has 1 saturated carbocycles. The molecule has 34 heavy (non-hydrogen) atoms. The molecule has 0 saturated heterocycles. The lowest BCUT2D eigenvalue weighted by molar-refractivity contribution is -0.666. The van der Waals surface area contributed by atoms with Crippen molar-refractivity contribution in [2.75, 3.05) is 13.1 Å². The molecule has 2 aromatic rings. The van der Waals surface area contributed by atoms with E-state index in [0.717, 1.165) is 31.4 Å². The monoisotopic (exact) mass is 486 g/mol. The van der Waals surface area contributed by atoms with Crippen LogP contribution in [0.1, 0.15) is 57.6 Å². The number of carbonyl (C=O) groups is 1. The molecule has 1 fully saturated rings. The highest BCUT2D eigenvalue weighted by molar-refractivity contribution is 6.25. The van der Waals surface area contributed by atoms with Gasteiger partial charge in [-0.3, -0.25) is 14.9 Å². The van der Waals surface area contributed by atoms with Gasteiger partial charge in [-0.25, -0.2) is 0 Å². The molecule has 7 heteroatoms. The summed E-state index contributed by atoms with van der Waals surface area (Å²) in [6, 6.07) is 15.8. The van der Waals surface area contributed by atoms with Gasteiger partial charge in [0.2, 0.25) is 0 Å². The van der Waals surface area contributed by atoms with Gasteiger partial charge in [-0.05, 0) is 41.9 Å². The number of aliphatic hydroxyl groups is 1. The van der Waals surface area contributed by atoms with Gasteiger partial charge in [-0.15, -0.1) is 0 Å². The molecule has 0 heterocycles. The molecule has 0 bridgehead atoms. The number of nitrogens with zero attached hydrogens (tertiary/aromatic N) is 1. The first-order chi connectivity index (χ1) is 15.6. The summed E-state index contributed by atoms with van der Waals surface area (Å²) < 4.78 is 0. The number of nitro benzene ring substituents is 1. The third-order valence-corrected chi connectivity index (χ3v) is 6.41. The minimum Gasteiger partial charge on any atom is -1.00 e. The lowest BCUT2D eigenvalue weighted by Crippen LogP contribution is -3.00. The number of ketones is 1. The van der Waals surface area contributed by atoms with Crippen LogP contribution in [-0.2, 0) is 4.79 Å². The van der Waals surface area contributed by atoms with Crippen molar-refractivity contribution in [1.82, 2.24) is 0 Å². The first-order valence-corrected chi connectivity index (χ1v) is 11.6. The van der Waals surface area contributed by atoms with E-state index < -0.39 is 4.92 Å². The molecule has 0 radical (unpaired) electrons. The summed E-state index contributed by atoms with van der Waals surface area (Å²) in [4.78, 5) is 23.9. The summed E-state index contributed by atoms with van der Waals surface area (Å²) in [6.07, 6.45) is 4.54. The van der Waals surface area contributed by atoms with Crippen LogP contribution >= 0.6 is 0 Å². The zero-order valence-electron chi connectivity index (χ0n) is 20.2. The van der Waals surface area contributed by atoms with Crippen molar-refractivity contribution in [2.24, 2.45) is 10.8 Å². The first kappa shape index (κ1) is 27.7. The Balaban J connectivity index is 0.00000408. The zero-order valence-corrected chi connectivity index (χ0v) is 20.9. The number of non-ortho nitro benzene ring substituents is 1. The van der Waals surface area contributed by atoms with Gasteiger partial charge in [0.25, 0.3) is 5.69 Å². The van der Waals surface area contributed by atoms with E-state index in [2.05, 4.69) is 26.1 Å². The second kappa shape index (κ2) is 11.7. The summed E-state index contributed by atoms with van der Waals surface area (Å²) in [6.45, 7) is 8.18. The number of benzene rings is 2. The Labute approximate surface area is 208 Å². The third-order valence-electron chi connectivity index (χ3n) is 6.41. The van der Waals surface area contributed by atoms with Crippen molar-refractivity contribution >= 4 is 23.1 Å². The first-order valence-electron chi connectivity index (χ1n) is 11.6. The minimum atomic E-state index is -0.430. The highest BCUT2D eigenvalue weighted by atomic mass is 35.5. The molecule has 184 valence electrons. The van der Waals surface area contributed by atoms with E-state index in [1.165, 1.54) is 12.1 Å². The van der Waals surface area contributed by atoms with Crippen molar-refractivity contribution in [3.8, 4) is 0 Å². The molecule has 0 spiro atoms. The van der Waals surface area contributed by atoms with Gasteiger partial charge < -0.3 is 22.8 Å². The van der Waals surface area contributed by atoms with Crippen molar-refractivity contribution in [1.29, 1.82) is 0 Å². The van der Waals surface area contributed by atoms with E-state index in [4.69, 9.17) is 0 Å². The van der Waals surface area contributed by atoms with Gasteiger partial charge in [0.15, 0.2) is 5.78 Å². The Morgan fingerprint density at radius 1 is 1.15 bits per heavy atom. The van der Waals surface area contributed by atoms with Crippen LogP contribution in [0.4, 0.5) is 5.69 Å². The number of hydrogen-bond donors (Lipinski definition) is 2. The quantitative estimate of drug-likeness (QED) is 0.183. The molecule has 0 amide bonds. The Hall–Kier alpha value is -2.54. The third kappa shape index (κ3) is 7.76. The molecule has 3 N–H and O–H groups in total. The van der Waals surface area contributed by atoms with Crippen LogP contribution in [0.5, 0.6) is 0 Å². The fourth-order valence-corrected chi connectivity index (χ4v) is 5.39. The van der Waals surface area contributed by atoms with Gasteiger partial charge in [0, 0.05) is 23.1 Å². The fraction of sp³-hybridized carbons (Fsp3) is 0.444. The van der Waals surface area contributed by atoms with E-state index in [-0.39, 0.29) is 40.8 Å². The second-order valence-electron chi connectivity index (χ2n) is 10.4. The Morgan fingerprint density at radius 2 is 1.85 bits per heavy atom. The number of halogens is 1. The van der Waals surface area contributed by atoms with Crippen LogP contribution in [0.2, 0.25) is 0 Å². The number of quaternary nitrogens is 1. The Kier molecular flexibility index (Phi) is 9.56. The fourth-order valence-electron chi connectivity index (χ4n) is 5.39. The molecule has 2 atom stereocenters. The summed E-state index contributed by atoms with van der Waals surface area (Å²) in [5, 5.41) is 23.6. The van der Waals surface area contributed by atoms with Crippen LogP contribution in [0, 0.1) is 20.9 Å². The highest BCUT2D eigenvalue weighted by Crippen LogP contribution is 2.45. The molecule has 1 aliphatic carbocycles. The molecule has 2 unspecified atom stereocenters. The highest BCUT2D eigenvalue weighted by Gasteiger charge is 2.41. The average molecular weight is 487 g/mol. The molecule has 1 aliphatic rings. The molecule has 0 aliphatic heterocycles. The molecular formula is C27H35ClN2O4. The lowest BCUT2D eigenvalue weighted by atomic mass is 9.63. The molecule has 0 aromatic heterocycles. The molecular weight excluding hydrogens is 452 g/mol. The van der Waals surface area contributed by atoms with Crippen LogP contribution < -0.4 is 17.7 Å². The summed E-state index contributed by atoms with van der Waals surface area (Å²) in [5.41, 5.74) is 2.17. The van der Waals surface area contributed by atoms with E-state index in [1.807, 2.05) is 30.3 Å². The van der Waals surface area contributed by atoms with Gasteiger partial charge in [0.1, 0.15) is 0 Å². The maximum atomic E-state index is 13.2. The molecule has 3 rings (SSSR count). The second-order valence-corrected chi connectivity index (χ2v) is 10.4. The summed E-state index contributed by atoms with van der Waals surface area (Å²) in [5.74, 6) is 0.0121. The van der Waals surface area contributed by atoms with Gasteiger partial charge in [-0.2, -0.15) is 0 Å². The standard InChI is InChI=1S/C27H34N2O4.ClH/c1-26(2)16-23(30)17-27(3,18-26)19-28-13-12-25(31)24(21-9-5-4-6-10-21)15-20-8-7-11-22(14-20)29(32)33;/h4-11,14-15,23,28,30H,12-13,16-19H2,1-3H3;1H/b24-15-;. The van der Waals surface area contributed by atoms with E-state index in [1.54, 1.807) is 18.2 Å². The van der Waals surface area contributed by atoms with Crippen molar-refractivity contribution in [3.05, 3.63) is 75.8 Å². The number of allylic oxidation sites excluding steroid dienone is 1. The Morgan fingerprint density at radius 3 is 2.50 bits per heavy atom. The predicted octanol–water partition coefficient (Wildman–Crippen LogP) is 1.24. The summed E-state index contributed by atoms with van der Waals surface area (Å²) in [7, 11) is 0. The number of nitro groups is 1. The minimum absolute atomic E-state index is 0. The summed E-state index contributed by atoms with van der Waals surface area (Å²) >= 11 is 0. The van der Waals surface area contributed by atoms with Crippen molar-refractivity contribution in [2.45, 2.75) is 52.6 Å². The number of nitrogens with two attached hydrogens (primary N) is 1. The van der Waals surface area contributed by atoms with Crippen LogP contribution in [-0.4, -0.2) is 35.0 Å². The van der Waals surface area contributed by atoms with Crippen molar-refractivity contribution in [3.63, 3.8) is 0 Å². The topological polar surface area (TPSA) is 97.1 Å². The lowest BCUT2D eigenvalue weighted by Gasteiger charge is -2.44. The maximum absolute atomic E-state index is 13.2. The normalized spacial score (nSPS) is 22.0. The van der Waals surface area contributed by atoms with E-state index in [0.29, 0.717) is 24.1 Å².